The average Bonchev–Trinajstić information content (AvgIpc) is 2.77. The predicted octanol–water partition coefficient (Wildman–Crippen LogP) is 3.21. The van der Waals surface area contributed by atoms with Crippen molar-refractivity contribution in [2.45, 2.75) is 32.4 Å². The van der Waals surface area contributed by atoms with Crippen LogP contribution in [0.15, 0.2) is 18.2 Å². The molecule has 4 heteroatoms. The van der Waals surface area contributed by atoms with E-state index in [0.717, 1.165) is 25.1 Å². The first-order valence-corrected chi connectivity index (χ1v) is 6.81. The average molecular weight is 271 g/mol. The SMILES string of the molecule is CC(N)C1CCN(C(C)c2ccc(F)cc2Cl)C1. The van der Waals surface area contributed by atoms with Gasteiger partial charge in [-0.1, -0.05) is 17.7 Å². The lowest BCUT2D eigenvalue weighted by atomic mass is 10.0. The topological polar surface area (TPSA) is 29.3 Å². The molecule has 1 aliphatic rings. The van der Waals surface area contributed by atoms with Gasteiger partial charge in [0, 0.05) is 23.7 Å². The molecule has 100 valence electrons. The van der Waals surface area contributed by atoms with Crippen LogP contribution in [0.4, 0.5) is 4.39 Å². The van der Waals surface area contributed by atoms with Crippen molar-refractivity contribution in [3.05, 3.63) is 34.6 Å². The van der Waals surface area contributed by atoms with E-state index in [1.165, 1.54) is 12.1 Å². The molecule has 2 rings (SSSR count). The molecular weight excluding hydrogens is 251 g/mol. The molecule has 1 aromatic rings. The normalized spacial score (nSPS) is 24.2. The third-order valence-electron chi connectivity index (χ3n) is 3.96. The van der Waals surface area contributed by atoms with Gasteiger partial charge in [-0.3, -0.25) is 4.90 Å². The number of benzene rings is 1. The third-order valence-corrected chi connectivity index (χ3v) is 4.29. The summed E-state index contributed by atoms with van der Waals surface area (Å²) >= 11 is 6.11. The standard InChI is InChI=1S/C14H20ClFN2/c1-9(17)11-5-6-18(8-11)10(2)13-4-3-12(16)7-14(13)15/h3-4,7,9-11H,5-6,8,17H2,1-2H3. The summed E-state index contributed by atoms with van der Waals surface area (Å²) < 4.78 is 13.0. The van der Waals surface area contributed by atoms with Gasteiger partial charge < -0.3 is 5.73 Å². The van der Waals surface area contributed by atoms with E-state index in [-0.39, 0.29) is 17.9 Å². The van der Waals surface area contributed by atoms with Crippen LogP contribution in [0.5, 0.6) is 0 Å². The first-order valence-electron chi connectivity index (χ1n) is 6.43. The summed E-state index contributed by atoms with van der Waals surface area (Å²) in [5, 5.41) is 0.506. The Hall–Kier alpha value is -0.640. The van der Waals surface area contributed by atoms with Crippen LogP contribution in [0.1, 0.15) is 31.9 Å². The smallest absolute Gasteiger partial charge is 0.124 e. The molecule has 0 saturated carbocycles. The Morgan fingerprint density at radius 3 is 2.72 bits per heavy atom. The summed E-state index contributed by atoms with van der Waals surface area (Å²) in [6, 6.07) is 5.07. The second kappa shape index (κ2) is 5.55. The van der Waals surface area contributed by atoms with Crippen molar-refractivity contribution in [2.75, 3.05) is 13.1 Å². The van der Waals surface area contributed by atoms with Crippen LogP contribution in [0.2, 0.25) is 5.02 Å². The van der Waals surface area contributed by atoms with Gasteiger partial charge >= 0.3 is 0 Å². The molecule has 18 heavy (non-hydrogen) atoms. The molecule has 1 heterocycles. The molecule has 1 aromatic carbocycles. The Morgan fingerprint density at radius 2 is 2.17 bits per heavy atom. The van der Waals surface area contributed by atoms with E-state index < -0.39 is 0 Å². The Bertz CT molecular complexity index is 422. The molecule has 1 saturated heterocycles. The Kier molecular flexibility index (Phi) is 4.25. The van der Waals surface area contributed by atoms with Gasteiger partial charge in [0.15, 0.2) is 0 Å². The second-order valence-corrected chi connectivity index (χ2v) is 5.65. The Morgan fingerprint density at radius 1 is 1.44 bits per heavy atom. The van der Waals surface area contributed by atoms with Crippen molar-refractivity contribution in [1.82, 2.24) is 4.90 Å². The maximum atomic E-state index is 13.0. The minimum Gasteiger partial charge on any atom is -0.328 e. The molecule has 0 aliphatic carbocycles. The monoisotopic (exact) mass is 270 g/mol. The molecule has 3 atom stereocenters. The minimum absolute atomic E-state index is 0.210. The fourth-order valence-corrected chi connectivity index (χ4v) is 2.96. The van der Waals surface area contributed by atoms with E-state index in [2.05, 4.69) is 18.7 Å². The third kappa shape index (κ3) is 2.85. The van der Waals surface area contributed by atoms with E-state index in [0.29, 0.717) is 10.9 Å². The van der Waals surface area contributed by atoms with Crippen LogP contribution < -0.4 is 5.73 Å². The number of nitrogens with two attached hydrogens (primary N) is 1. The molecule has 0 amide bonds. The summed E-state index contributed by atoms with van der Waals surface area (Å²) in [5.41, 5.74) is 6.94. The lowest BCUT2D eigenvalue weighted by molar-refractivity contribution is 0.248. The fraction of sp³-hybridized carbons (Fsp3) is 0.571. The number of halogens is 2. The highest BCUT2D eigenvalue weighted by Gasteiger charge is 2.29. The van der Waals surface area contributed by atoms with Gasteiger partial charge in [0.25, 0.3) is 0 Å². The lowest BCUT2D eigenvalue weighted by Crippen LogP contribution is -2.31. The van der Waals surface area contributed by atoms with Crippen LogP contribution in [0.25, 0.3) is 0 Å². The van der Waals surface area contributed by atoms with Crippen LogP contribution in [-0.2, 0) is 0 Å². The quantitative estimate of drug-likeness (QED) is 0.914. The van der Waals surface area contributed by atoms with E-state index in [4.69, 9.17) is 17.3 Å². The van der Waals surface area contributed by atoms with E-state index >= 15 is 0 Å². The molecule has 2 nitrogen and oxygen atoms in total. The van der Waals surface area contributed by atoms with Gasteiger partial charge in [-0.15, -0.1) is 0 Å². The number of hydrogen-bond donors (Lipinski definition) is 1. The van der Waals surface area contributed by atoms with Crippen molar-refractivity contribution in [1.29, 1.82) is 0 Å². The number of rotatable bonds is 3. The fourth-order valence-electron chi connectivity index (χ4n) is 2.63. The first kappa shape index (κ1) is 13.8. The Balaban J connectivity index is 2.10. The van der Waals surface area contributed by atoms with Crippen molar-refractivity contribution >= 4 is 11.6 Å². The summed E-state index contributed by atoms with van der Waals surface area (Å²) in [6.45, 7) is 6.19. The zero-order chi connectivity index (χ0) is 13.3. The second-order valence-electron chi connectivity index (χ2n) is 5.24. The maximum absolute atomic E-state index is 13.0. The summed E-state index contributed by atoms with van der Waals surface area (Å²) in [4.78, 5) is 2.37. The summed E-state index contributed by atoms with van der Waals surface area (Å²) in [7, 11) is 0. The highest BCUT2D eigenvalue weighted by molar-refractivity contribution is 6.31. The molecule has 3 unspecified atom stereocenters. The van der Waals surface area contributed by atoms with Crippen molar-refractivity contribution in [2.24, 2.45) is 11.7 Å². The van der Waals surface area contributed by atoms with Crippen LogP contribution in [-0.4, -0.2) is 24.0 Å². The molecule has 0 radical (unpaired) electrons. The molecule has 1 fully saturated rings. The lowest BCUT2D eigenvalue weighted by Gasteiger charge is -2.26. The molecule has 0 spiro atoms. The molecule has 2 N–H and O–H groups in total. The number of likely N-dealkylation sites (tertiary alicyclic amines) is 1. The van der Waals surface area contributed by atoms with Gasteiger partial charge in [0.1, 0.15) is 5.82 Å². The summed E-state index contributed by atoms with van der Waals surface area (Å²) in [6.07, 6.45) is 1.13. The molecule has 0 bridgehead atoms. The Labute approximate surface area is 113 Å². The molecule has 0 aromatic heterocycles. The first-order chi connectivity index (χ1) is 8.49. The van der Waals surface area contributed by atoms with Crippen molar-refractivity contribution in [3.8, 4) is 0 Å². The minimum atomic E-state index is -0.286. The van der Waals surface area contributed by atoms with Gasteiger partial charge in [-0.05, 0) is 50.4 Å². The van der Waals surface area contributed by atoms with Crippen LogP contribution in [0, 0.1) is 11.7 Å². The maximum Gasteiger partial charge on any atom is 0.124 e. The number of nitrogens with zero attached hydrogens (tertiary/aromatic N) is 1. The van der Waals surface area contributed by atoms with Gasteiger partial charge in [-0.2, -0.15) is 0 Å². The van der Waals surface area contributed by atoms with Crippen molar-refractivity contribution in [3.63, 3.8) is 0 Å². The van der Waals surface area contributed by atoms with Crippen LogP contribution >= 0.6 is 11.6 Å². The predicted molar refractivity (Wildman–Crippen MR) is 73.2 cm³/mol. The zero-order valence-corrected chi connectivity index (χ0v) is 11.6. The van der Waals surface area contributed by atoms with Crippen molar-refractivity contribution < 1.29 is 4.39 Å². The highest BCUT2D eigenvalue weighted by Crippen LogP contribution is 2.32. The largest absolute Gasteiger partial charge is 0.328 e. The van der Waals surface area contributed by atoms with E-state index in [9.17, 15) is 4.39 Å². The zero-order valence-electron chi connectivity index (χ0n) is 10.9. The van der Waals surface area contributed by atoms with E-state index in [1.54, 1.807) is 6.07 Å². The van der Waals surface area contributed by atoms with Gasteiger partial charge in [0.2, 0.25) is 0 Å². The number of hydrogen-bond acceptors (Lipinski definition) is 2. The van der Waals surface area contributed by atoms with Gasteiger partial charge in [-0.25, -0.2) is 4.39 Å². The van der Waals surface area contributed by atoms with Crippen LogP contribution in [0.3, 0.4) is 0 Å². The highest BCUT2D eigenvalue weighted by atomic mass is 35.5. The summed E-state index contributed by atoms with van der Waals surface area (Å²) in [5.74, 6) is 0.262. The van der Waals surface area contributed by atoms with E-state index in [1.807, 2.05) is 0 Å². The molecular formula is C14H20ClFN2. The molecule has 1 aliphatic heterocycles. The van der Waals surface area contributed by atoms with Gasteiger partial charge in [0.05, 0.1) is 0 Å².